The molecule has 0 spiro atoms. The number of fused-ring (bicyclic) bond motifs is 6. The maximum atomic E-state index is 11.7. The number of carbonyl (C=O) groups is 1. The van der Waals surface area contributed by atoms with Gasteiger partial charge in [0, 0.05) is 63.5 Å². The molecule has 1 aromatic heterocycles. The minimum Gasteiger partial charge on any atom is -0.512 e. The van der Waals surface area contributed by atoms with Crippen molar-refractivity contribution >= 4 is 38.1 Å². The van der Waals surface area contributed by atoms with E-state index in [-0.39, 0.29) is 54.6 Å². The number of hydrogen-bond acceptors (Lipinski definition) is 4. The van der Waals surface area contributed by atoms with Gasteiger partial charge in [0.15, 0.2) is 5.78 Å². The molecule has 5 aromatic rings. The van der Waals surface area contributed by atoms with Crippen LogP contribution in [-0.2, 0) is 37.6 Å². The Labute approximate surface area is 288 Å². The zero-order chi connectivity index (χ0) is 36.3. The molecule has 1 radical (unpaired) electrons. The van der Waals surface area contributed by atoms with Gasteiger partial charge in [0.25, 0.3) is 0 Å². The maximum Gasteiger partial charge on any atom is 0.162 e. The SMILES string of the molecule is CCC(CC)C(=O)/C=C(\O)C(CC)CC.[2H]C1([2H])c2cc3cc4c5c(nccc5c3cc2C([2H])([2H])C1([2H])[2H])-c1[c-]c2ccccc2c(C)c1O4.[Ir]. The molecule has 0 saturated heterocycles. The molecule has 7 rings (SSSR count). The second-order valence-electron chi connectivity index (χ2n) is 11.6. The van der Waals surface area contributed by atoms with Gasteiger partial charge < -0.3 is 9.84 Å². The van der Waals surface area contributed by atoms with Crippen LogP contribution in [0.2, 0.25) is 0 Å². The van der Waals surface area contributed by atoms with Crippen LogP contribution in [0, 0.1) is 24.8 Å². The largest absolute Gasteiger partial charge is 0.512 e. The Morgan fingerprint density at radius 3 is 2.38 bits per heavy atom. The molecule has 0 saturated carbocycles. The normalized spacial score (nSPS) is 18.7. The van der Waals surface area contributed by atoms with Gasteiger partial charge >= 0.3 is 0 Å². The topological polar surface area (TPSA) is 59.4 Å². The molecule has 45 heavy (non-hydrogen) atoms. The summed E-state index contributed by atoms with van der Waals surface area (Å²) >= 11 is 0. The molecule has 0 bridgehead atoms. The summed E-state index contributed by atoms with van der Waals surface area (Å²) in [4.78, 5) is 16.4. The van der Waals surface area contributed by atoms with Gasteiger partial charge in [-0.15, -0.1) is 17.5 Å². The Hall–Kier alpha value is -3.53. The fourth-order valence-electron chi connectivity index (χ4n) is 6.37. The van der Waals surface area contributed by atoms with E-state index in [0.29, 0.717) is 22.3 Å². The van der Waals surface area contributed by atoms with Crippen molar-refractivity contribution in [3.05, 3.63) is 89.3 Å². The van der Waals surface area contributed by atoms with Gasteiger partial charge in [0.05, 0.1) is 11.5 Å². The molecule has 4 nitrogen and oxygen atoms in total. The molecule has 4 aromatic carbocycles. The van der Waals surface area contributed by atoms with Gasteiger partial charge in [-0.3, -0.25) is 9.78 Å². The third-order valence-electron chi connectivity index (χ3n) is 9.05. The van der Waals surface area contributed by atoms with E-state index < -0.39 is 19.1 Å². The number of aryl methyl sites for hydroxylation is 3. The molecule has 0 fully saturated rings. The fourth-order valence-corrected chi connectivity index (χ4v) is 6.37. The Morgan fingerprint density at radius 1 is 0.978 bits per heavy atom. The zero-order valence-corrected chi connectivity index (χ0v) is 28.7. The van der Waals surface area contributed by atoms with Crippen molar-refractivity contribution < 1.29 is 43.0 Å². The molecule has 1 aliphatic carbocycles. The van der Waals surface area contributed by atoms with Crippen LogP contribution in [-0.4, -0.2) is 15.9 Å². The second kappa shape index (κ2) is 13.8. The number of carbonyl (C=O) groups excluding carboxylic acids is 1. The van der Waals surface area contributed by atoms with Crippen molar-refractivity contribution in [1.82, 2.24) is 4.98 Å². The molecular weight excluding hydrogens is 735 g/mol. The first-order chi connectivity index (χ1) is 23.6. The second-order valence-corrected chi connectivity index (χ2v) is 11.6. The van der Waals surface area contributed by atoms with E-state index in [2.05, 4.69) is 11.1 Å². The molecule has 1 aliphatic heterocycles. The Kier molecular flexibility index (Phi) is 7.89. The number of benzene rings is 4. The Morgan fingerprint density at radius 2 is 1.67 bits per heavy atom. The molecule has 235 valence electrons. The van der Waals surface area contributed by atoms with E-state index in [4.69, 9.17) is 13.0 Å². The third-order valence-corrected chi connectivity index (χ3v) is 9.05. The Balaban J connectivity index is 0.000000271. The van der Waals surface area contributed by atoms with Crippen molar-refractivity contribution in [2.24, 2.45) is 11.8 Å². The van der Waals surface area contributed by atoms with Crippen LogP contribution < -0.4 is 4.74 Å². The minimum absolute atomic E-state index is 0. The van der Waals surface area contributed by atoms with E-state index in [1.54, 1.807) is 18.3 Å². The summed E-state index contributed by atoms with van der Waals surface area (Å²) in [5.74, 6) is 1.81. The number of hydrogen-bond donors (Lipinski definition) is 1. The molecule has 2 aliphatic rings. The Bertz CT molecular complexity index is 2190. The van der Waals surface area contributed by atoms with Crippen LogP contribution in [0.5, 0.6) is 11.5 Å². The minimum atomic E-state index is -2.71. The van der Waals surface area contributed by atoms with Gasteiger partial charge in [-0.2, -0.15) is 0 Å². The predicted molar refractivity (Wildman–Crippen MR) is 182 cm³/mol. The van der Waals surface area contributed by atoms with Crippen molar-refractivity contribution in [2.45, 2.75) is 79.4 Å². The molecular formula is C40H42IrNO3-. The third kappa shape index (κ3) is 6.05. The van der Waals surface area contributed by atoms with Crippen molar-refractivity contribution in [2.75, 3.05) is 0 Å². The van der Waals surface area contributed by atoms with E-state index >= 15 is 0 Å². The van der Waals surface area contributed by atoms with Crippen LogP contribution in [0.3, 0.4) is 0 Å². The van der Waals surface area contributed by atoms with Gasteiger partial charge in [0.1, 0.15) is 5.75 Å². The monoisotopic (exact) mass is 783 g/mol. The number of ether oxygens (including phenoxy) is 1. The van der Waals surface area contributed by atoms with Crippen LogP contribution in [0.1, 0.15) is 84.7 Å². The number of allylic oxidation sites excluding steroid dienone is 2. The number of aliphatic hydroxyl groups excluding tert-OH is 1. The van der Waals surface area contributed by atoms with E-state index in [1.165, 1.54) is 6.08 Å². The average molecular weight is 783 g/mol. The predicted octanol–water partition coefficient (Wildman–Crippen LogP) is 10.8. The first-order valence-electron chi connectivity index (χ1n) is 18.6. The van der Waals surface area contributed by atoms with E-state index in [9.17, 15) is 9.90 Å². The first kappa shape index (κ1) is 25.6. The summed E-state index contributed by atoms with van der Waals surface area (Å²) in [6.45, 7) is 10.1. The molecule has 0 unspecified atom stereocenters. The molecule has 5 heteroatoms. The summed E-state index contributed by atoms with van der Waals surface area (Å²) in [5.41, 5.74) is 2.55. The van der Waals surface area contributed by atoms with Gasteiger partial charge in [0.2, 0.25) is 0 Å². The molecule has 1 N–H and O–H groups in total. The van der Waals surface area contributed by atoms with Crippen LogP contribution in [0.25, 0.3) is 43.6 Å². The van der Waals surface area contributed by atoms with Gasteiger partial charge in [-0.05, 0) is 91.1 Å². The summed E-state index contributed by atoms with van der Waals surface area (Å²) in [6.07, 6.45) is -1.06. The van der Waals surface area contributed by atoms with Gasteiger partial charge in [-0.25, -0.2) is 0 Å². The molecule has 2 heterocycles. The fraction of sp³-hybridized carbons (Fsp3) is 0.350. The summed E-state index contributed by atoms with van der Waals surface area (Å²) < 4.78 is 56.7. The van der Waals surface area contributed by atoms with E-state index in [0.717, 1.165) is 64.0 Å². The zero-order valence-electron chi connectivity index (χ0n) is 32.3. The van der Waals surface area contributed by atoms with Crippen LogP contribution in [0.15, 0.2) is 66.6 Å². The molecule has 0 amide bonds. The smallest absolute Gasteiger partial charge is 0.162 e. The van der Waals surface area contributed by atoms with Crippen LogP contribution in [0.4, 0.5) is 0 Å². The summed E-state index contributed by atoms with van der Waals surface area (Å²) in [6, 6.07) is 18.3. The quantitative estimate of drug-likeness (QED) is 0.0758. The van der Waals surface area contributed by atoms with Crippen molar-refractivity contribution in [3.8, 4) is 22.8 Å². The molecule has 0 atom stereocenters. The van der Waals surface area contributed by atoms with Gasteiger partial charge in [-0.1, -0.05) is 74.5 Å². The summed E-state index contributed by atoms with van der Waals surface area (Å²) in [5, 5.41) is 14.7. The number of ketones is 1. The summed E-state index contributed by atoms with van der Waals surface area (Å²) in [7, 11) is 0. The number of nitrogens with zero attached hydrogens (tertiary/aromatic N) is 1. The van der Waals surface area contributed by atoms with Crippen LogP contribution >= 0.6 is 0 Å². The number of aliphatic hydroxyl groups is 1. The van der Waals surface area contributed by atoms with E-state index in [1.807, 2.05) is 71.0 Å². The maximum absolute atomic E-state index is 11.7. The van der Waals surface area contributed by atoms with Crippen molar-refractivity contribution in [3.63, 3.8) is 0 Å². The van der Waals surface area contributed by atoms with Crippen molar-refractivity contribution in [1.29, 1.82) is 0 Å². The number of aromatic nitrogens is 1. The number of pyridine rings is 1. The standard InChI is InChI=1S/C27H18NO.C13H24O2.Ir/c1-15-20-8-3-2-5-18(20)13-23-26-25-21(9-10-28-26)22-12-17-7-4-6-16(17)11-19(22)14-24(25)29-27(15)23;1-5-10(6-2)12(14)9-13(15)11(7-3)8-4;/h2-3,5,8-12,14H,4,6-7H2,1H3;9-11,14H,5-8H2,1-4H3;/q-1;;/b;12-9-;/i4D2,6D2,7D2;;. The number of rotatable bonds is 7. The first-order valence-corrected chi connectivity index (χ1v) is 15.6. The average Bonchev–Trinajstić information content (AvgIpc) is 3.19.